The molecular formula is C16H22F3N3O2. The van der Waals surface area contributed by atoms with Crippen LogP contribution in [0.15, 0.2) is 6.20 Å². The van der Waals surface area contributed by atoms with Crippen molar-refractivity contribution in [3.8, 4) is 0 Å². The van der Waals surface area contributed by atoms with E-state index in [0.717, 1.165) is 31.9 Å². The highest BCUT2D eigenvalue weighted by Gasteiger charge is 2.36. The van der Waals surface area contributed by atoms with Crippen LogP contribution < -0.4 is 0 Å². The Morgan fingerprint density at radius 1 is 1.42 bits per heavy atom. The van der Waals surface area contributed by atoms with E-state index in [4.69, 9.17) is 4.74 Å². The van der Waals surface area contributed by atoms with Crippen LogP contribution in [0.5, 0.6) is 0 Å². The van der Waals surface area contributed by atoms with E-state index in [1.165, 1.54) is 0 Å². The number of carbonyl (C=O) groups excluding carboxylic acids is 1. The normalized spacial score (nSPS) is 24.5. The van der Waals surface area contributed by atoms with E-state index >= 15 is 0 Å². The Balaban J connectivity index is 1.59. The Bertz CT molecular complexity index is 594. The van der Waals surface area contributed by atoms with Gasteiger partial charge in [0.15, 0.2) is 5.69 Å². The van der Waals surface area contributed by atoms with Gasteiger partial charge in [0, 0.05) is 39.4 Å². The molecule has 3 heterocycles. The van der Waals surface area contributed by atoms with Crippen molar-refractivity contribution in [2.45, 2.75) is 50.9 Å². The lowest BCUT2D eigenvalue weighted by Crippen LogP contribution is -2.43. The average molecular weight is 345 g/mol. The van der Waals surface area contributed by atoms with Crippen molar-refractivity contribution in [2.75, 3.05) is 20.2 Å². The van der Waals surface area contributed by atoms with Gasteiger partial charge in [-0.2, -0.15) is 13.2 Å². The molecule has 8 heteroatoms. The number of hydrogen-bond acceptors (Lipinski definition) is 3. The molecule has 134 valence electrons. The van der Waals surface area contributed by atoms with Gasteiger partial charge in [-0.3, -0.25) is 4.79 Å². The number of likely N-dealkylation sites (N-methyl/N-ethyl adjacent to an activating group) is 1. The average Bonchev–Trinajstić information content (AvgIpc) is 2.98. The molecule has 1 amide bonds. The number of nitrogens with zero attached hydrogens (tertiary/aromatic N) is 3. The predicted octanol–water partition coefficient (Wildman–Crippen LogP) is 2.49. The Hall–Kier alpha value is -1.57. The third-order valence-corrected chi connectivity index (χ3v) is 4.74. The summed E-state index contributed by atoms with van der Waals surface area (Å²) in [5, 5.41) is 0. The van der Waals surface area contributed by atoms with Gasteiger partial charge in [-0.25, -0.2) is 4.98 Å². The Morgan fingerprint density at radius 2 is 2.21 bits per heavy atom. The Kier molecular flexibility index (Phi) is 4.85. The van der Waals surface area contributed by atoms with Crippen LogP contribution in [-0.2, 0) is 28.7 Å². The van der Waals surface area contributed by atoms with Gasteiger partial charge in [-0.1, -0.05) is 0 Å². The molecule has 2 aliphatic heterocycles. The summed E-state index contributed by atoms with van der Waals surface area (Å²) in [5.74, 6) is 0.579. The summed E-state index contributed by atoms with van der Waals surface area (Å²) in [6.45, 7) is 1.60. The monoisotopic (exact) mass is 345 g/mol. The zero-order valence-electron chi connectivity index (χ0n) is 13.7. The summed E-state index contributed by atoms with van der Waals surface area (Å²) < 4.78 is 45.3. The molecule has 2 atom stereocenters. The minimum Gasteiger partial charge on any atom is -0.368 e. The summed E-state index contributed by atoms with van der Waals surface area (Å²) >= 11 is 0. The van der Waals surface area contributed by atoms with E-state index in [-0.39, 0.29) is 17.9 Å². The number of hydrogen-bond donors (Lipinski definition) is 0. The molecule has 0 radical (unpaired) electrons. The molecule has 1 aromatic heterocycles. The Labute approximate surface area is 138 Å². The van der Waals surface area contributed by atoms with Crippen LogP contribution in [0.25, 0.3) is 0 Å². The van der Waals surface area contributed by atoms with Gasteiger partial charge in [0.1, 0.15) is 11.9 Å². The molecule has 0 saturated carbocycles. The van der Waals surface area contributed by atoms with Crippen molar-refractivity contribution in [1.29, 1.82) is 0 Å². The number of halogens is 3. The second-order valence-corrected chi connectivity index (χ2v) is 6.67. The molecule has 1 fully saturated rings. The van der Waals surface area contributed by atoms with Crippen LogP contribution in [0, 0.1) is 5.92 Å². The van der Waals surface area contributed by atoms with Crippen LogP contribution in [-0.4, -0.2) is 46.7 Å². The maximum Gasteiger partial charge on any atom is 0.434 e. The van der Waals surface area contributed by atoms with Gasteiger partial charge >= 0.3 is 6.18 Å². The first-order chi connectivity index (χ1) is 11.3. The van der Waals surface area contributed by atoms with Gasteiger partial charge in [0.25, 0.3) is 5.91 Å². The molecule has 1 aromatic rings. The fraction of sp³-hybridized carbons (Fsp3) is 0.750. The molecule has 0 spiro atoms. The van der Waals surface area contributed by atoms with Gasteiger partial charge < -0.3 is 14.2 Å². The number of alkyl halides is 3. The summed E-state index contributed by atoms with van der Waals surface area (Å²) in [6.07, 6.45) is 0.258. The van der Waals surface area contributed by atoms with Crippen LogP contribution >= 0.6 is 0 Å². The molecule has 1 saturated heterocycles. The standard InChI is InChI=1S/C16H22F3N3O2/c1-21(15(23)12-4-2-3-7-24-12)8-11-5-6-14-20-13(16(17,18)19)10-22(14)9-11/h10-12H,2-9H2,1H3/t11-,12-/m1/s1. The van der Waals surface area contributed by atoms with Crippen LogP contribution in [0.4, 0.5) is 13.2 Å². The second-order valence-electron chi connectivity index (χ2n) is 6.67. The smallest absolute Gasteiger partial charge is 0.368 e. The molecule has 0 N–H and O–H groups in total. The van der Waals surface area contributed by atoms with Crippen LogP contribution in [0.1, 0.15) is 37.2 Å². The largest absolute Gasteiger partial charge is 0.434 e. The topological polar surface area (TPSA) is 47.4 Å². The van der Waals surface area contributed by atoms with E-state index in [1.807, 2.05) is 0 Å². The number of ether oxygens (including phenoxy) is 1. The van der Waals surface area contributed by atoms with Gasteiger partial charge in [0.2, 0.25) is 0 Å². The number of aryl methyl sites for hydroxylation is 1. The molecule has 0 aromatic carbocycles. The first kappa shape index (κ1) is 17.3. The van der Waals surface area contributed by atoms with E-state index in [0.29, 0.717) is 31.9 Å². The van der Waals surface area contributed by atoms with E-state index in [9.17, 15) is 18.0 Å². The van der Waals surface area contributed by atoms with Crippen molar-refractivity contribution in [2.24, 2.45) is 5.92 Å². The molecule has 0 aliphatic carbocycles. The van der Waals surface area contributed by atoms with Gasteiger partial charge in [-0.05, 0) is 31.6 Å². The van der Waals surface area contributed by atoms with Crippen molar-refractivity contribution in [3.63, 3.8) is 0 Å². The van der Waals surface area contributed by atoms with E-state index in [1.54, 1.807) is 16.5 Å². The van der Waals surface area contributed by atoms with Crippen LogP contribution in [0.2, 0.25) is 0 Å². The highest BCUT2D eigenvalue weighted by molar-refractivity contribution is 5.80. The lowest BCUT2D eigenvalue weighted by molar-refractivity contribution is -0.145. The lowest BCUT2D eigenvalue weighted by Gasteiger charge is -2.31. The molecule has 3 rings (SSSR count). The second kappa shape index (κ2) is 6.74. The number of carbonyl (C=O) groups is 1. The summed E-state index contributed by atoms with van der Waals surface area (Å²) in [4.78, 5) is 17.7. The van der Waals surface area contributed by atoms with E-state index in [2.05, 4.69) is 4.98 Å². The number of rotatable bonds is 3. The van der Waals surface area contributed by atoms with Crippen molar-refractivity contribution in [3.05, 3.63) is 17.7 Å². The third kappa shape index (κ3) is 3.74. The molecule has 24 heavy (non-hydrogen) atoms. The fourth-order valence-electron chi connectivity index (χ4n) is 3.46. The van der Waals surface area contributed by atoms with Gasteiger partial charge in [-0.15, -0.1) is 0 Å². The quantitative estimate of drug-likeness (QED) is 0.846. The van der Waals surface area contributed by atoms with Crippen molar-refractivity contribution in [1.82, 2.24) is 14.5 Å². The SMILES string of the molecule is CN(C[C@H]1CCc2nc(C(F)(F)F)cn2C1)C(=O)[C@H]1CCCCO1. The summed E-state index contributed by atoms with van der Waals surface area (Å²) in [6, 6.07) is 0. The minimum atomic E-state index is -4.41. The first-order valence-electron chi connectivity index (χ1n) is 8.34. The number of amides is 1. The van der Waals surface area contributed by atoms with Crippen LogP contribution in [0.3, 0.4) is 0 Å². The lowest BCUT2D eigenvalue weighted by atomic mass is 9.98. The molecular weight excluding hydrogens is 323 g/mol. The van der Waals surface area contributed by atoms with Crippen molar-refractivity contribution >= 4 is 5.91 Å². The zero-order chi connectivity index (χ0) is 17.3. The van der Waals surface area contributed by atoms with E-state index < -0.39 is 11.9 Å². The summed E-state index contributed by atoms with van der Waals surface area (Å²) in [7, 11) is 1.74. The van der Waals surface area contributed by atoms with Crippen molar-refractivity contribution < 1.29 is 22.7 Å². The first-order valence-corrected chi connectivity index (χ1v) is 8.34. The molecule has 0 bridgehead atoms. The highest BCUT2D eigenvalue weighted by Crippen LogP contribution is 2.31. The molecule has 5 nitrogen and oxygen atoms in total. The zero-order valence-corrected chi connectivity index (χ0v) is 13.7. The predicted molar refractivity (Wildman–Crippen MR) is 80.3 cm³/mol. The number of imidazole rings is 1. The minimum absolute atomic E-state index is 0.0258. The highest BCUT2D eigenvalue weighted by atomic mass is 19.4. The third-order valence-electron chi connectivity index (χ3n) is 4.74. The maximum atomic E-state index is 12.8. The summed E-state index contributed by atoms with van der Waals surface area (Å²) in [5.41, 5.74) is -0.835. The number of fused-ring (bicyclic) bond motifs is 1. The molecule has 0 unspecified atom stereocenters. The fourth-order valence-corrected chi connectivity index (χ4v) is 3.46. The molecule has 2 aliphatic rings. The maximum absolute atomic E-state index is 12.8. The van der Waals surface area contributed by atoms with Gasteiger partial charge in [0.05, 0.1) is 0 Å². The Morgan fingerprint density at radius 3 is 2.88 bits per heavy atom. The number of aromatic nitrogens is 2.